The highest BCUT2D eigenvalue weighted by Gasteiger charge is 2.26. The number of thiophene rings is 1. The van der Waals surface area contributed by atoms with Crippen molar-refractivity contribution in [2.75, 3.05) is 0 Å². The molecule has 64 heavy (non-hydrogen) atoms. The minimum absolute atomic E-state index is 0.642. The van der Waals surface area contributed by atoms with Gasteiger partial charge >= 0.3 is 0 Å². The van der Waals surface area contributed by atoms with Gasteiger partial charge in [-0.3, -0.25) is 4.57 Å². The second-order valence-corrected chi connectivity index (χ2v) is 17.9. The monoisotopic (exact) mass is 832 g/mol. The molecule has 0 saturated carbocycles. The number of hydrogen-bond donors (Lipinski definition) is 0. The molecule has 5 heterocycles. The minimum atomic E-state index is 0.642. The first kappa shape index (κ1) is 34.3. The lowest BCUT2D eigenvalue weighted by Gasteiger charge is -2.11. The lowest BCUT2D eigenvalue weighted by Crippen LogP contribution is -2.02. The number of fused-ring (bicyclic) bond motifs is 9. The quantitative estimate of drug-likeness (QED) is 0.177. The van der Waals surface area contributed by atoms with Gasteiger partial charge in [0.15, 0.2) is 0 Å². The molecule has 0 radical (unpaired) electrons. The molecule has 5 aromatic heterocycles. The van der Waals surface area contributed by atoms with Crippen molar-refractivity contribution in [3.8, 4) is 34.0 Å². The summed E-state index contributed by atoms with van der Waals surface area (Å²) in [5.74, 6) is 0.642. The van der Waals surface area contributed by atoms with Crippen molar-refractivity contribution in [2.45, 2.75) is 0 Å². The molecule has 15 rings (SSSR count). The Bertz CT molecular complexity index is 4420. The van der Waals surface area contributed by atoms with E-state index in [-0.39, 0.29) is 0 Å². The van der Waals surface area contributed by atoms with Gasteiger partial charge in [0.2, 0.25) is 5.95 Å². The molecule has 0 unspecified atom stereocenters. The van der Waals surface area contributed by atoms with E-state index in [9.17, 15) is 0 Å². The van der Waals surface area contributed by atoms with Crippen molar-refractivity contribution in [3.05, 3.63) is 194 Å². The van der Waals surface area contributed by atoms with Gasteiger partial charge in [-0.15, -0.1) is 11.3 Å². The fourth-order valence-corrected chi connectivity index (χ4v) is 11.9. The molecule has 0 saturated heterocycles. The largest absolute Gasteiger partial charge is 0.456 e. The number of para-hydroxylation sites is 1. The first-order valence-electron chi connectivity index (χ1n) is 21.7. The summed E-state index contributed by atoms with van der Waals surface area (Å²) in [7, 11) is 0. The average Bonchev–Trinajstić information content (AvgIpc) is 4.11. The van der Waals surface area contributed by atoms with Crippen LogP contribution in [0.2, 0.25) is 0 Å². The van der Waals surface area contributed by atoms with Gasteiger partial charge in [-0.2, -0.15) is 0 Å². The number of nitrogens with zero attached hydrogens (tertiary/aromatic N) is 4. The highest BCUT2D eigenvalue weighted by Crippen LogP contribution is 2.48. The van der Waals surface area contributed by atoms with Crippen LogP contribution in [0.1, 0.15) is 0 Å². The molecular formula is C58H32N4OS. The standard InChI is InChI=1S/C58H32N4OS/c1-2-12-33(13-3-1)34-24-27-36(28-25-34)61-44-20-10-18-41-37-14-4-5-15-38(37)42-19-11-21-45-52(42)55-47(31-30-46(61)54(55)51(41)44)62(45)58-59-56(53-43-17-7-9-23-50(43)64-57(53)60-58)35-26-29-40-39-16-6-8-22-48(39)63-49(40)32-35/h1-32H. The Labute approximate surface area is 368 Å². The maximum absolute atomic E-state index is 6.46. The number of hydrogen-bond acceptors (Lipinski definition) is 4. The van der Waals surface area contributed by atoms with Gasteiger partial charge in [0, 0.05) is 59.0 Å². The zero-order chi connectivity index (χ0) is 41.6. The van der Waals surface area contributed by atoms with Gasteiger partial charge in [0.05, 0.1) is 27.8 Å². The molecule has 0 fully saturated rings. The van der Waals surface area contributed by atoms with Gasteiger partial charge in [-0.05, 0) is 93.3 Å². The summed E-state index contributed by atoms with van der Waals surface area (Å²) < 4.78 is 12.4. The van der Waals surface area contributed by atoms with Crippen LogP contribution in [0.3, 0.4) is 0 Å². The van der Waals surface area contributed by atoms with Gasteiger partial charge in [-0.1, -0.05) is 133 Å². The Morgan fingerprint density at radius 2 is 0.922 bits per heavy atom. The Morgan fingerprint density at radius 3 is 1.67 bits per heavy atom. The maximum atomic E-state index is 6.46. The first-order valence-corrected chi connectivity index (χ1v) is 22.5. The normalized spacial score (nSPS) is 12.4. The van der Waals surface area contributed by atoms with E-state index >= 15 is 0 Å². The molecule has 0 aliphatic carbocycles. The topological polar surface area (TPSA) is 48.8 Å². The lowest BCUT2D eigenvalue weighted by atomic mass is 9.95. The van der Waals surface area contributed by atoms with Crippen molar-refractivity contribution >= 4 is 119 Å². The molecule has 296 valence electrons. The van der Waals surface area contributed by atoms with Crippen molar-refractivity contribution in [1.29, 1.82) is 0 Å². The predicted molar refractivity (Wildman–Crippen MR) is 268 cm³/mol. The third-order valence-corrected chi connectivity index (χ3v) is 14.6. The molecule has 15 aromatic rings. The highest BCUT2D eigenvalue weighted by molar-refractivity contribution is 7.25. The van der Waals surface area contributed by atoms with E-state index in [1.54, 1.807) is 11.3 Å². The maximum Gasteiger partial charge on any atom is 0.236 e. The summed E-state index contributed by atoms with van der Waals surface area (Å²) in [6.45, 7) is 0. The van der Waals surface area contributed by atoms with E-state index in [1.165, 1.54) is 64.4 Å². The van der Waals surface area contributed by atoms with Crippen LogP contribution >= 0.6 is 11.3 Å². The number of aromatic nitrogens is 4. The van der Waals surface area contributed by atoms with Crippen LogP contribution in [0.25, 0.3) is 141 Å². The van der Waals surface area contributed by atoms with Crippen LogP contribution in [0.15, 0.2) is 199 Å². The lowest BCUT2D eigenvalue weighted by molar-refractivity contribution is 0.669. The highest BCUT2D eigenvalue weighted by atomic mass is 32.1. The number of benzene rings is 9. The fraction of sp³-hybridized carbons (Fsp3) is 0. The predicted octanol–water partition coefficient (Wildman–Crippen LogP) is 16.0. The molecule has 5 nitrogen and oxygen atoms in total. The van der Waals surface area contributed by atoms with Crippen molar-refractivity contribution in [2.24, 2.45) is 0 Å². The summed E-state index contributed by atoms with van der Waals surface area (Å²) in [6.07, 6.45) is 0. The zero-order valence-corrected chi connectivity index (χ0v) is 34.9. The Balaban J connectivity index is 1.07. The molecule has 10 aromatic carbocycles. The van der Waals surface area contributed by atoms with E-state index in [2.05, 4.69) is 191 Å². The first-order chi connectivity index (χ1) is 31.7. The third-order valence-electron chi connectivity index (χ3n) is 13.5. The van der Waals surface area contributed by atoms with Crippen LogP contribution in [0.4, 0.5) is 0 Å². The molecule has 6 heteroatoms. The summed E-state index contributed by atoms with van der Waals surface area (Å²) in [4.78, 5) is 12.1. The SMILES string of the molecule is c1ccc(-c2ccc(-n3c4cccc5c6ccccc6c6cccc7c6c6c(c54)c3ccc6n7-c3nc(-c4ccc5c(c4)oc4ccccc45)c4c(n3)sc3ccccc34)cc2)cc1. The van der Waals surface area contributed by atoms with E-state index in [0.29, 0.717) is 5.95 Å². The van der Waals surface area contributed by atoms with Crippen LogP contribution < -0.4 is 0 Å². The molecule has 0 spiro atoms. The Morgan fingerprint density at radius 1 is 0.359 bits per heavy atom. The van der Waals surface area contributed by atoms with Crippen LogP contribution in [-0.2, 0) is 0 Å². The number of furan rings is 1. The Kier molecular flexibility index (Phi) is 6.77. The van der Waals surface area contributed by atoms with Crippen molar-refractivity contribution < 1.29 is 4.42 Å². The molecular weight excluding hydrogens is 801 g/mol. The molecule has 0 aliphatic rings. The average molecular weight is 833 g/mol. The van der Waals surface area contributed by atoms with Crippen molar-refractivity contribution in [3.63, 3.8) is 0 Å². The van der Waals surface area contributed by atoms with E-state index in [0.717, 1.165) is 71.0 Å². The van der Waals surface area contributed by atoms with Gasteiger partial charge in [0.25, 0.3) is 0 Å². The van der Waals surface area contributed by atoms with Crippen molar-refractivity contribution in [1.82, 2.24) is 19.1 Å². The Hall–Kier alpha value is -8.32. The zero-order valence-electron chi connectivity index (χ0n) is 34.1. The molecule has 0 amide bonds. The molecule has 0 N–H and O–H groups in total. The van der Waals surface area contributed by atoms with Crippen LogP contribution in [0.5, 0.6) is 0 Å². The third kappa shape index (κ3) is 4.56. The number of rotatable bonds is 4. The summed E-state index contributed by atoms with van der Waals surface area (Å²) in [5, 5.41) is 14.2. The summed E-state index contributed by atoms with van der Waals surface area (Å²) >= 11 is 1.72. The van der Waals surface area contributed by atoms with Gasteiger partial charge in [-0.25, -0.2) is 9.97 Å². The smallest absolute Gasteiger partial charge is 0.236 e. The van der Waals surface area contributed by atoms with E-state index < -0.39 is 0 Å². The molecule has 0 bridgehead atoms. The minimum Gasteiger partial charge on any atom is -0.456 e. The molecule has 0 atom stereocenters. The second-order valence-electron chi connectivity index (χ2n) is 16.8. The van der Waals surface area contributed by atoms with Gasteiger partial charge < -0.3 is 8.98 Å². The fourth-order valence-electron chi connectivity index (χ4n) is 10.8. The van der Waals surface area contributed by atoms with Gasteiger partial charge in [0.1, 0.15) is 16.0 Å². The molecule has 0 aliphatic heterocycles. The van der Waals surface area contributed by atoms with Crippen LogP contribution in [-0.4, -0.2) is 19.1 Å². The van der Waals surface area contributed by atoms with E-state index in [1.807, 2.05) is 12.1 Å². The summed E-state index contributed by atoms with van der Waals surface area (Å²) in [6, 6.07) is 70.0. The van der Waals surface area contributed by atoms with E-state index in [4.69, 9.17) is 14.4 Å². The summed E-state index contributed by atoms with van der Waals surface area (Å²) in [5.41, 5.74) is 11.6. The second kappa shape index (κ2) is 12.6. The van der Waals surface area contributed by atoms with Crippen LogP contribution in [0, 0.1) is 0 Å².